The molecule has 2 amide bonds. The third-order valence-corrected chi connectivity index (χ3v) is 7.53. The van der Waals surface area contributed by atoms with Crippen molar-refractivity contribution < 1.29 is 9.59 Å². The van der Waals surface area contributed by atoms with Crippen LogP contribution >= 0.6 is 0 Å². The van der Waals surface area contributed by atoms with E-state index < -0.39 is 0 Å². The van der Waals surface area contributed by atoms with Gasteiger partial charge in [-0.05, 0) is 47.9 Å². The molecule has 1 spiro atoms. The van der Waals surface area contributed by atoms with Crippen molar-refractivity contribution in [1.29, 1.82) is 0 Å². The Morgan fingerprint density at radius 2 is 1.53 bits per heavy atom. The van der Waals surface area contributed by atoms with Crippen LogP contribution in [0.5, 0.6) is 0 Å². The fourth-order valence-corrected chi connectivity index (χ4v) is 5.73. The third-order valence-electron chi connectivity index (χ3n) is 7.53. The molecular formula is C29H39N3O2. The molecule has 5 heteroatoms. The van der Waals surface area contributed by atoms with Crippen LogP contribution in [0.1, 0.15) is 82.8 Å². The largest absolute Gasteiger partial charge is 0.355 e. The van der Waals surface area contributed by atoms with Crippen molar-refractivity contribution in [3.8, 4) is 0 Å². The van der Waals surface area contributed by atoms with Crippen molar-refractivity contribution >= 4 is 23.2 Å². The van der Waals surface area contributed by atoms with Crippen LogP contribution < -0.4 is 10.2 Å². The highest BCUT2D eigenvalue weighted by Gasteiger charge is 2.45. The van der Waals surface area contributed by atoms with Gasteiger partial charge >= 0.3 is 0 Å². The highest BCUT2D eigenvalue weighted by atomic mass is 16.2. The average Bonchev–Trinajstić information content (AvgIpc) is 2.82. The van der Waals surface area contributed by atoms with Gasteiger partial charge in [0.2, 0.25) is 11.8 Å². The van der Waals surface area contributed by atoms with E-state index in [0.717, 1.165) is 48.2 Å². The molecule has 2 aromatic rings. The predicted molar refractivity (Wildman–Crippen MR) is 139 cm³/mol. The Labute approximate surface area is 204 Å². The van der Waals surface area contributed by atoms with E-state index in [1.54, 1.807) is 4.90 Å². The van der Waals surface area contributed by atoms with Crippen molar-refractivity contribution in [3.05, 3.63) is 59.7 Å². The summed E-state index contributed by atoms with van der Waals surface area (Å²) in [5.74, 6) is 0.519. The molecule has 2 aromatic carbocycles. The maximum absolute atomic E-state index is 13.3. The quantitative estimate of drug-likeness (QED) is 0.581. The summed E-state index contributed by atoms with van der Waals surface area (Å²) in [7, 11) is 0. The summed E-state index contributed by atoms with van der Waals surface area (Å²) in [5.41, 5.74) is 4.22. The number of hydrogen-bond acceptors (Lipinski definition) is 3. The molecule has 2 aliphatic rings. The van der Waals surface area contributed by atoms with Gasteiger partial charge in [-0.3, -0.25) is 9.59 Å². The lowest BCUT2D eigenvalue weighted by Gasteiger charge is -2.53. The highest BCUT2D eigenvalue weighted by Crippen LogP contribution is 2.40. The van der Waals surface area contributed by atoms with E-state index in [2.05, 4.69) is 68.2 Å². The van der Waals surface area contributed by atoms with Crippen molar-refractivity contribution in [3.63, 3.8) is 0 Å². The molecule has 182 valence electrons. The third kappa shape index (κ3) is 4.98. The number of hydrogen-bond donors (Lipinski definition) is 1. The number of amides is 2. The lowest BCUT2D eigenvalue weighted by atomic mass is 9.78. The number of benzene rings is 2. The lowest BCUT2D eigenvalue weighted by Crippen LogP contribution is -2.66. The second kappa shape index (κ2) is 10.2. The first-order valence-corrected chi connectivity index (χ1v) is 12.8. The monoisotopic (exact) mass is 461 g/mol. The normalized spacial score (nSPS) is 18.1. The number of nitrogens with zero attached hydrogens (tertiary/aromatic N) is 2. The summed E-state index contributed by atoms with van der Waals surface area (Å²) >= 11 is 0. The molecule has 34 heavy (non-hydrogen) atoms. The first-order chi connectivity index (χ1) is 16.3. The molecule has 5 nitrogen and oxygen atoms in total. The number of anilines is 2. The minimum atomic E-state index is -0.109. The maximum Gasteiger partial charge on any atom is 0.244 e. The number of rotatable bonds is 6. The van der Waals surface area contributed by atoms with Gasteiger partial charge in [-0.15, -0.1) is 0 Å². The predicted octanol–water partition coefficient (Wildman–Crippen LogP) is 5.92. The van der Waals surface area contributed by atoms with Gasteiger partial charge in [0.15, 0.2) is 0 Å². The van der Waals surface area contributed by atoms with Gasteiger partial charge < -0.3 is 15.1 Å². The van der Waals surface area contributed by atoms with Crippen LogP contribution in [0.4, 0.5) is 11.4 Å². The first kappa shape index (κ1) is 24.3. The Morgan fingerprint density at radius 3 is 2.12 bits per heavy atom. The van der Waals surface area contributed by atoms with E-state index in [1.807, 2.05) is 18.2 Å². The molecule has 0 aromatic heterocycles. The summed E-state index contributed by atoms with van der Waals surface area (Å²) in [6.45, 7) is 9.63. The fraction of sp³-hybridized carbons (Fsp3) is 0.517. The van der Waals surface area contributed by atoms with Crippen LogP contribution in [0.3, 0.4) is 0 Å². The number of nitrogens with one attached hydrogen (secondary N) is 1. The minimum Gasteiger partial charge on any atom is -0.355 e. The summed E-state index contributed by atoms with van der Waals surface area (Å²) in [6.07, 6.45) is 5.68. The Morgan fingerprint density at radius 1 is 0.912 bits per heavy atom. The molecule has 2 fully saturated rings. The fourth-order valence-electron chi connectivity index (χ4n) is 5.73. The number of carbonyl (C=O) groups is 2. The maximum atomic E-state index is 13.3. The van der Waals surface area contributed by atoms with Crippen LogP contribution in [-0.2, 0) is 9.59 Å². The van der Waals surface area contributed by atoms with Crippen LogP contribution in [0.2, 0.25) is 0 Å². The van der Waals surface area contributed by atoms with E-state index in [-0.39, 0.29) is 23.9 Å². The summed E-state index contributed by atoms with van der Waals surface area (Å²) in [5, 5.41) is 3.20. The van der Waals surface area contributed by atoms with Gasteiger partial charge in [0.05, 0.1) is 12.1 Å². The lowest BCUT2D eigenvalue weighted by molar-refractivity contribution is -0.137. The smallest absolute Gasteiger partial charge is 0.244 e. The van der Waals surface area contributed by atoms with Crippen LogP contribution in [0, 0.1) is 0 Å². The Kier molecular flexibility index (Phi) is 7.30. The van der Waals surface area contributed by atoms with Crippen molar-refractivity contribution in [2.45, 2.75) is 77.2 Å². The van der Waals surface area contributed by atoms with Gasteiger partial charge in [0, 0.05) is 17.9 Å². The van der Waals surface area contributed by atoms with Gasteiger partial charge in [0.1, 0.15) is 6.54 Å². The SMILES string of the molecule is CC(C)c1cccc(C(C)C)c1NC(=O)CN1CC2(CCCCC2)N(c2ccccc2)CC1=O. The Bertz CT molecular complexity index is 983. The molecule has 1 aliphatic carbocycles. The van der Waals surface area contributed by atoms with E-state index in [4.69, 9.17) is 0 Å². The van der Waals surface area contributed by atoms with E-state index in [0.29, 0.717) is 24.9 Å². The molecule has 0 bridgehead atoms. The molecule has 1 aliphatic heterocycles. The molecule has 1 N–H and O–H groups in total. The van der Waals surface area contributed by atoms with Crippen molar-refractivity contribution in [2.24, 2.45) is 0 Å². The molecule has 1 saturated heterocycles. The van der Waals surface area contributed by atoms with Gasteiger partial charge in [-0.1, -0.05) is 83.4 Å². The van der Waals surface area contributed by atoms with Gasteiger partial charge in [-0.2, -0.15) is 0 Å². The summed E-state index contributed by atoms with van der Waals surface area (Å²) in [6, 6.07) is 16.5. The van der Waals surface area contributed by atoms with E-state index in [1.165, 1.54) is 6.42 Å². The van der Waals surface area contributed by atoms with Crippen LogP contribution in [0.25, 0.3) is 0 Å². The van der Waals surface area contributed by atoms with Crippen molar-refractivity contribution in [1.82, 2.24) is 4.90 Å². The van der Waals surface area contributed by atoms with Gasteiger partial charge in [-0.25, -0.2) is 0 Å². The standard InChI is InChI=1S/C29H39N3O2/c1-21(2)24-14-11-15-25(22(3)4)28(24)30-26(33)18-31-20-29(16-9-6-10-17-29)32(19-27(31)34)23-12-7-5-8-13-23/h5,7-8,11-15,21-22H,6,9-10,16-20H2,1-4H3,(H,30,33). The van der Waals surface area contributed by atoms with Crippen molar-refractivity contribution in [2.75, 3.05) is 29.9 Å². The highest BCUT2D eigenvalue weighted by molar-refractivity contribution is 5.97. The first-order valence-electron chi connectivity index (χ1n) is 12.8. The summed E-state index contributed by atoms with van der Waals surface area (Å²) in [4.78, 5) is 30.6. The molecule has 0 atom stereocenters. The zero-order valence-electron chi connectivity index (χ0n) is 21.1. The Hall–Kier alpha value is -2.82. The molecular weight excluding hydrogens is 422 g/mol. The number of para-hydroxylation sites is 2. The Balaban J connectivity index is 1.55. The second-order valence-electron chi connectivity index (χ2n) is 10.6. The van der Waals surface area contributed by atoms with Gasteiger partial charge in [0.25, 0.3) is 0 Å². The van der Waals surface area contributed by atoms with E-state index in [9.17, 15) is 9.59 Å². The molecule has 4 rings (SSSR count). The zero-order valence-corrected chi connectivity index (χ0v) is 21.1. The van der Waals surface area contributed by atoms with Crippen LogP contribution in [0.15, 0.2) is 48.5 Å². The number of carbonyl (C=O) groups excluding carboxylic acids is 2. The second-order valence-corrected chi connectivity index (χ2v) is 10.6. The number of piperazine rings is 1. The zero-order chi connectivity index (χ0) is 24.3. The summed E-state index contributed by atoms with van der Waals surface area (Å²) < 4.78 is 0. The molecule has 0 unspecified atom stereocenters. The minimum absolute atomic E-state index is 0.0245. The molecule has 0 radical (unpaired) electrons. The average molecular weight is 462 g/mol. The van der Waals surface area contributed by atoms with Crippen LogP contribution in [-0.4, -0.2) is 41.9 Å². The topological polar surface area (TPSA) is 52.7 Å². The van der Waals surface area contributed by atoms with E-state index >= 15 is 0 Å². The molecule has 1 saturated carbocycles. The molecule has 1 heterocycles.